The average Bonchev–Trinajstić information content (AvgIpc) is 3.41. The van der Waals surface area contributed by atoms with Gasteiger partial charge in [0, 0.05) is 24.6 Å². The molecule has 1 aliphatic rings. The van der Waals surface area contributed by atoms with Crippen molar-refractivity contribution in [2.45, 2.75) is 32.5 Å². The number of thiazole rings is 1. The standard InChI is InChI=1S/C22H21ClFN7O4S/c1-3-34-22(33)35-20-18(15-9-26-5-6-27-15)30-21(36-20)31-7-4-14(13(24)10-31)29-19(32)17-12(8-25)16(23)11(2)28-17/h5-6,9,13-14,28H,3-4,7,10H2,1-2H3,(H,29,32)/t13-,14+/m0/s1. The third kappa shape index (κ3) is 5.24. The lowest BCUT2D eigenvalue weighted by molar-refractivity contribution is 0.0893. The van der Waals surface area contributed by atoms with Gasteiger partial charge < -0.3 is 24.7 Å². The van der Waals surface area contributed by atoms with Crippen LogP contribution in [-0.4, -0.2) is 63.9 Å². The largest absolute Gasteiger partial charge is 0.514 e. The number of piperidine rings is 1. The second kappa shape index (κ2) is 10.9. The third-order valence-electron chi connectivity index (χ3n) is 5.41. The lowest BCUT2D eigenvalue weighted by Gasteiger charge is -2.34. The van der Waals surface area contributed by atoms with Gasteiger partial charge in [-0.3, -0.25) is 14.8 Å². The Labute approximate surface area is 214 Å². The summed E-state index contributed by atoms with van der Waals surface area (Å²) in [4.78, 5) is 41.8. The first-order valence-corrected chi connectivity index (χ1v) is 12.1. The molecule has 1 aliphatic heterocycles. The Hall–Kier alpha value is -3.76. The van der Waals surface area contributed by atoms with Gasteiger partial charge in [-0.15, -0.1) is 0 Å². The lowest BCUT2D eigenvalue weighted by Crippen LogP contribution is -2.52. The highest BCUT2D eigenvalue weighted by Gasteiger charge is 2.34. The fourth-order valence-corrected chi connectivity index (χ4v) is 4.80. The molecule has 0 bridgehead atoms. The van der Waals surface area contributed by atoms with Crippen LogP contribution in [0, 0.1) is 18.3 Å². The summed E-state index contributed by atoms with van der Waals surface area (Å²) in [6.07, 6.45) is 2.40. The number of amides is 1. The summed E-state index contributed by atoms with van der Waals surface area (Å²) < 4.78 is 25.3. The van der Waals surface area contributed by atoms with Crippen LogP contribution in [0.25, 0.3) is 11.4 Å². The summed E-state index contributed by atoms with van der Waals surface area (Å²) >= 11 is 7.11. The number of ether oxygens (including phenoxy) is 2. The van der Waals surface area contributed by atoms with Gasteiger partial charge in [0.05, 0.1) is 30.4 Å². The van der Waals surface area contributed by atoms with Crippen molar-refractivity contribution in [1.29, 1.82) is 5.26 Å². The number of aromatic nitrogens is 4. The van der Waals surface area contributed by atoms with Crippen molar-refractivity contribution in [3.63, 3.8) is 0 Å². The molecule has 11 nitrogen and oxygen atoms in total. The van der Waals surface area contributed by atoms with Crippen LogP contribution >= 0.6 is 22.9 Å². The minimum Gasteiger partial charge on any atom is -0.434 e. The normalized spacial score (nSPS) is 17.4. The van der Waals surface area contributed by atoms with Crippen LogP contribution < -0.4 is 15.0 Å². The zero-order valence-electron chi connectivity index (χ0n) is 19.2. The number of H-pyrrole nitrogens is 1. The zero-order valence-corrected chi connectivity index (χ0v) is 20.8. The van der Waals surface area contributed by atoms with Crippen LogP contribution in [-0.2, 0) is 4.74 Å². The fourth-order valence-electron chi connectivity index (χ4n) is 3.67. The number of carbonyl (C=O) groups is 2. The number of hydrogen-bond donors (Lipinski definition) is 2. The second-order valence-corrected chi connectivity index (χ2v) is 9.08. The maximum atomic E-state index is 15.2. The number of nitrogens with one attached hydrogen (secondary N) is 2. The Balaban J connectivity index is 1.49. The molecule has 0 aliphatic carbocycles. The van der Waals surface area contributed by atoms with Gasteiger partial charge in [0.25, 0.3) is 5.91 Å². The lowest BCUT2D eigenvalue weighted by atomic mass is 10.0. The van der Waals surface area contributed by atoms with E-state index < -0.39 is 24.3 Å². The van der Waals surface area contributed by atoms with E-state index in [4.69, 9.17) is 21.1 Å². The molecule has 1 fully saturated rings. The molecule has 1 saturated heterocycles. The minimum atomic E-state index is -1.43. The topological polar surface area (TPSA) is 146 Å². The summed E-state index contributed by atoms with van der Waals surface area (Å²) in [5.74, 6) is -0.605. The van der Waals surface area contributed by atoms with E-state index in [-0.39, 0.29) is 46.6 Å². The minimum absolute atomic E-state index is 0.00363. The molecule has 2 N–H and O–H groups in total. The van der Waals surface area contributed by atoms with Crippen LogP contribution in [0.3, 0.4) is 0 Å². The Morgan fingerprint density at radius 3 is 2.92 bits per heavy atom. The van der Waals surface area contributed by atoms with E-state index in [0.717, 1.165) is 11.3 Å². The summed E-state index contributed by atoms with van der Waals surface area (Å²) in [5, 5.41) is 12.7. The van der Waals surface area contributed by atoms with E-state index in [1.54, 1.807) is 18.7 Å². The zero-order chi connectivity index (χ0) is 25.8. The number of nitriles is 1. The number of hydrogen-bond acceptors (Lipinski definition) is 10. The molecule has 4 heterocycles. The molecule has 0 radical (unpaired) electrons. The molecule has 2 atom stereocenters. The highest BCUT2D eigenvalue weighted by atomic mass is 35.5. The fraction of sp³-hybridized carbons (Fsp3) is 0.364. The molecule has 188 valence electrons. The van der Waals surface area contributed by atoms with Crippen molar-refractivity contribution in [2.75, 3.05) is 24.6 Å². The summed E-state index contributed by atoms with van der Waals surface area (Å²) in [7, 11) is 0. The summed E-state index contributed by atoms with van der Waals surface area (Å²) in [6.45, 7) is 3.73. The van der Waals surface area contributed by atoms with E-state index in [1.807, 2.05) is 6.07 Å². The number of aromatic amines is 1. The van der Waals surface area contributed by atoms with Gasteiger partial charge >= 0.3 is 6.16 Å². The van der Waals surface area contributed by atoms with Crippen molar-refractivity contribution >= 4 is 40.1 Å². The molecule has 0 saturated carbocycles. The van der Waals surface area contributed by atoms with Crippen molar-refractivity contribution in [1.82, 2.24) is 25.3 Å². The maximum absolute atomic E-state index is 15.2. The molecule has 0 aromatic carbocycles. The predicted octanol–water partition coefficient (Wildman–Crippen LogP) is 3.64. The molecule has 0 spiro atoms. The maximum Gasteiger partial charge on any atom is 0.514 e. The molecule has 1 amide bonds. The molecule has 36 heavy (non-hydrogen) atoms. The van der Waals surface area contributed by atoms with Gasteiger partial charge in [-0.05, 0) is 20.3 Å². The van der Waals surface area contributed by atoms with Crippen molar-refractivity contribution < 1.29 is 23.5 Å². The number of nitrogens with zero attached hydrogens (tertiary/aromatic N) is 5. The molecule has 3 aromatic rings. The summed E-state index contributed by atoms with van der Waals surface area (Å²) in [5.41, 5.74) is 1.17. The number of carbonyl (C=O) groups excluding carboxylic acids is 2. The first kappa shape index (κ1) is 25.3. The molecule has 0 unspecified atom stereocenters. The molecular formula is C22H21ClFN7O4S. The summed E-state index contributed by atoms with van der Waals surface area (Å²) in [6, 6.07) is 1.12. The molecule has 4 rings (SSSR count). The smallest absolute Gasteiger partial charge is 0.434 e. The molecule has 14 heteroatoms. The second-order valence-electron chi connectivity index (χ2n) is 7.76. The van der Waals surface area contributed by atoms with Crippen LogP contribution in [0.1, 0.15) is 35.1 Å². The van der Waals surface area contributed by atoms with Crippen LogP contribution in [0.2, 0.25) is 5.02 Å². The molecular weight excluding hydrogens is 513 g/mol. The molecule has 3 aromatic heterocycles. The SMILES string of the molecule is CCOC(=O)Oc1sc(N2CC[C@@H](NC(=O)c3[nH]c(C)c(Cl)c3C#N)[C@@H](F)C2)nc1-c1cnccn1. The number of alkyl halides is 1. The van der Waals surface area contributed by atoms with Crippen molar-refractivity contribution in [2.24, 2.45) is 0 Å². The number of anilines is 1. The van der Waals surface area contributed by atoms with Gasteiger partial charge in [0.1, 0.15) is 34.9 Å². The van der Waals surface area contributed by atoms with Crippen molar-refractivity contribution in [3.05, 3.63) is 40.6 Å². The Morgan fingerprint density at radius 2 is 2.25 bits per heavy atom. The van der Waals surface area contributed by atoms with E-state index >= 15 is 4.39 Å². The van der Waals surface area contributed by atoms with E-state index in [1.165, 1.54) is 18.6 Å². The Morgan fingerprint density at radius 1 is 1.44 bits per heavy atom. The predicted molar refractivity (Wildman–Crippen MR) is 129 cm³/mol. The average molecular weight is 534 g/mol. The monoisotopic (exact) mass is 533 g/mol. The number of rotatable bonds is 6. The highest BCUT2D eigenvalue weighted by Crippen LogP contribution is 2.40. The van der Waals surface area contributed by atoms with Gasteiger partial charge in [0.2, 0.25) is 5.06 Å². The first-order valence-electron chi connectivity index (χ1n) is 10.9. The van der Waals surface area contributed by atoms with Crippen LogP contribution in [0.4, 0.5) is 14.3 Å². The van der Waals surface area contributed by atoms with E-state index in [9.17, 15) is 14.9 Å². The van der Waals surface area contributed by atoms with Gasteiger partial charge in [-0.1, -0.05) is 22.9 Å². The van der Waals surface area contributed by atoms with Crippen molar-refractivity contribution in [3.8, 4) is 22.5 Å². The van der Waals surface area contributed by atoms with Gasteiger partial charge in [-0.2, -0.15) is 5.26 Å². The van der Waals surface area contributed by atoms with Crippen LogP contribution in [0.5, 0.6) is 5.06 Å². The van der Waals surface area contributed by atoms with E-state index in [2.05, 4.69) is 25.3 Å². The number of halogens is 2. The third-order valence-corrected chi connectivity index (χ3v) is 6.87. The van der Waals surface area contributed by atoms with Gasteiger partial charge in [0.15, 0.2) is 5.13 Å². The number of aryl methyl sites for hydroxylation is 1. The Kier molecular flexibility index (Phi) is 7.66. The van der Waals surface area contributed by atoms with Gasteiger partial charge in [-0.25, -0.2) is 14.2 Å². The Bertz CT molecular complexity index is 1310. The van der Waals surface area contributed by atoms with E-state index in [0.29, 0.717) is 23.1 Å². The first-order chi connectivity index (χ1) is 17.3. The highest BCUT2D eigenvalue weighted by molar-refractivity contribution is 7.18. The quantitative estimate of drug-likeness (QED) is 0.453. The van der Waals surface area contributed by atoms with Crippen LogP contribution in [0.15, 0.2) is 18.6 Å².